The molecular weight excluding hydrogens is 408 g/mol. The molecule has 148 valence electrons. The Morgan fingerprint density at radius 1 is 1.31 bits per heavy atom. The monoisotopic (exact) mass is 426 g/mol. The molecule has 7 nitrogen and oxygen atoms in total. The number of carbonyl (C=O) groups is 1. The predicted molar refractivity (Wildman–Crippen MR) is 114 cm³/mol. The van der Waals surface area contributed by atoms with Crippen LogP contribution in [0.5, 0.6) is 5.75 Å². The molecule has 0 spiro atoms. The van der Waals surface area contributed by atoms with Gasteiger partial charge in [0.2, 0.25) is 11.8 Å². The van der Waals surface area contributed by atoms with Crippen molar-refractivity contribution in [2.24, 2.45) is 0 Å². The second-order valence-electron chi connectivity index (χ2n) is 6.62. The second-order valence-corrected chi connectivity index (χ2v) is 8.44. The zero-order chi connectivity index (χ0) is 19.8. The molecule has 0 saturated heterocycles. The van der Waals surface area contributed by atoms with Crippen molar-refractivity contribution in [2.75, 3.05) is 11.9 Å². The van der Waals surface area contributed by atoms with Crippen molar-refractivity contribution < 1.29 is 14.1 Å². The molecule has 0 aliphatic carbocycles. The summed E-state index contributed by atoms with van der Waals surface area (Å²) < 4.78 is 12.7. The Bertz CT molecular complexity index is 1180. The minimum atomic E-state index is -0.128. The molecule has 29 heavy (non-hydrogen) atoms. The van der Waals surface area contributed by atoms with E-state index in [1.54, 1.807) is 11.8 Å². The molecule has 0 bridgehead atoms. The molecule has 0 unspecified atom stereocenters. The van der Waals surface area contributed by atoms with Crippen LogP contribution < -0.4 is 10.1 Å². The molecule has 3 aromatic heterocycles. The number of anilines is 1. The molecule has 0 fully saturated rings. The number of carbonyl (C=O) groups excluding carboxylic acids is 1. The van der Waals surface area contributed by atoms with E-state index in [0.717, 1.165) is 50.4 Å². The summed E-state index contributed by atoms with van der Waals surface area (Å²) in [5.41, 5.74) is 4.69. The van der Waals surface area contributed by atoms with Crippen LogP contribution in [0, 0.1) is 0 Å². The van der Waals surface area contributed by atoms with E-state index in [1.165, 1.54) is 11.3 Å². The normalized spacial score (nSPS) is 13.0. The largest absolute Gasteiger partial charge is 0.494 e. The third-order valence-corrected chi connectivity index (χ3v) is 6.55. The summed E-state index contributed by atoms with van der Waals surface area (Å²) in [7, 11) is 0. The average Bonchev–Trinajstić information content (AvgIpc) is 3.47. The highest BCUT2D eigenvalue weighted by atomic mass is 32.2. The number of fused-ring (bicyclic) bond motifs is 2. The number of ether oxygens (including phenoxy) is 1. The highest BCUT2D eigenvalue weighted by Crippen LogP contribution is 2.34. The molecule has 0 atom stereocenters. The summed E-state index contributed by atoms with van der Waals surface area (Å²) in [6, 6.07) is 7.86. The van der Waals surface area contributed by atoms with E-state index in [4.69, 9.17) is 9.26 Å². The Morgan fingerprint density at radius 3 is 3.00 bits per heavy atom. The third-order valence-electron chi connectivity index (χ3n) is 4.69. The van der Waals surface area contributed by atoms with Gasteiger partial charge in [0.15, 0.2) is 4.96 Å². The van der Waals surface area contributed by atoms with Crippen molar-refractivity contribution in [2.45, 2.75) is 24.9 Å². The summed E-state index contributed by atoms with van der Waals surface area (Å²) in [6.07, 6.45) is 2.20. The number of amides is 1. The van der Waals surface area contributed by atoms with E-state index < -0.39 is 0 Å². The van der Waals surface area contributed by atoms with Crippen LogP contribution in [0.1, 0.15) is 23.9 Å². The summed E-state index contributed by atoms with van der Waals surface area (Å²) >= 11 is 3.29. The fourth-order valence-corrected chi connectivity index (χ4v) is 5.17. The Hall–Kier alpha value is -2.78. The van der Waals surface area contributed by atoms with Gasteiger partial charge < -0.3 is 9.26 Å². The molecular formula is C20H18N4O3S2. The van der Waals surface area contributed by atoms with Crippen molar-refractivity contribution in [1.82, 2.24) is 14.5 Å². The van der Waals surface area contributed by atoms with Gasteiger partial charge in [0.1, 0.15) is 5.75 Å². The van der Waals surface area contributed by atoms with Gasteiger partial charge in [-0.15, -0.1) is 11.3 Å². The fraction of sp³-hybridized carbons (Fsp3) is 0.250. The maximum Gasteiger partial charge on any atom is 0.235 e. The maximum absolute atomic E-state index is 12.5. The maximum atomic E-state index is 12.5. The molecule has 1 aliphatic rings. The van der Waals surface area contributed by atoms with Gasteiger partial charge in [-0.05, 0) is 31.2 Å². The number of nitrogens with zero attached hydrogens (tertiary/aromatic N) is 3. The number of thiazole rings is 1. The lowest BCUT2D eigenvalue weighted by Gasteiger charge is -2.03. The van der Waals surface area contributed by atoms with Crippen LogP contribution in [0.4, 0.5) is 5.88 Å². The van der Waals surface area contributed by atoms with Crippen molar-refractivity contribution in [3.8, 4) is 17.0 Å². The molecule has 1 aliphatic heterocycles. The Kier molecular flexibility index (Phi) is 4.76. The number of imidazole rings is 1. The summed E-state index contributed by atoms with van der Waals surface area (Å²) in [4.78, 5) is 18.1. The van der Waals surface area contributed by atoms with Crippen LogP contribution >= 0.6 is 23.1 Å². The molecule has 5 rings (SSSR count). The number of rotatable bonds is 6. The van der Waals surface area contributed by atoms with Gasteiger partial charge >= 0.3 is 0 Å². The molecule has 9 heteroatoms. The number of benzene rings is 1. The third kappa shape index (κ3) is 3.51. The van der Waals surface area contributed by atoms with E-state index in [2.05, 4.69) is 15.5 Å². The first kappa shape index (κ1) is 18.3. The van der Waals surface area contributed by atoms with Crippen LogP contribution in [-0.4, -0.2) is 27.1 Å². The highest BCUT2D eigenvalue weighted by molar-refractivity contribution is 7.98. The lowest BCUT2D eigenvalue weighted by molar-refractivity contribution is -0.115. The highest BCUT2D eigenvalue weighted by Gasteiger charge is 2.23. The van der Waals surface area contributed by atoms with E-state index in [9.17, 15) is 4.79 Å². The van der Waals surface area contributed by atoms with Crippen LogP contribution in [0.2, 0.25) is 0 Å². The van der Waals surface area contributed by atoms with E-state index >= 15 is 0 Å². The van der Waals surface area contributed by atoms with Crippen molar-refractivity contribution in [1.29, 1.82) is 0 Å². The van der Waals surface area contributed by atoms with Crippen LogP contribution in [0.25, 0.3) is 16.2 Å². The first-order chi connectivity index (χ1) is 14.2. The van der Waals surface area contributed by atoms with Crippen LogP contribution in [0.3, 0.4) is 0 Å². The molecule has 1 amide bonds. The van der Waals surface area contributed by atoms with Crippen LogP contribution in [0.15, 0.2) is 40.4 Å². The van der Waals surface area contributed by atoms with Gasteiger partial charge in [-0.3, -0.25) is 14.5 Å². The quantitative estimate of drug-likeness (QED) is 0.493. The molecule has 1 aromatic carbocycles. The molecule has 0 saturated carbocycles. The summed E-state index contributed by atoms with van der Waals surface area (Å²) in [6.45, 7) is 2.60. The zero-order valence-electron chi connectivity index (χ0n) is 15.7. The average molecular weight is 427 g/mol. The van der Waals surface area contributed by atoms with Crippen LogP contribution in [-0.2, 0) is 22.7 Å². The SMILES string of the molecule is CCOc1ccc(-c2cn3c(CC(=O)Nc4onc5c4CSC5)csc3n2)cc1. The van der Waals surface area contributed by atoms with Gasteiger partial charge in [0.05, 0.1) is 30.0 Å². The lowest BCUT2D eigenvalue weighted by Crippen LogP contribution is -2.15. The minimum Gasteiger partial charge on any atom is -0.494 e. The first-order valence-corrected chi connectivity index (χ1v) is 11.3. The lowest BCUT2D eigenvalue weighted by atomic mass is 10.1. The van der Waals surface area contributed by atoms with E-state index in [1.807, 2.05) is 47.2 Å². The van der Waals surface area contributed by atoms with Gasteiger partial charge in [-0.25, -0.2) is 4.98 Å². The Balaban J connectivity index is 1.33. The molecule has 4 heterocycles. The number of hydrogen-bond acceptors (Lipinski definition) is 7. The zero-order valence-corrected chi connectivity index (χ0v) is 17.3. The van der Waals surface area contributed by atoms with Gasteiger partial charge in [-0.2, -0.15) is 11.8 Å². The van der Waals surface area contributed by atoms with Gasteiger partial charge in [0, 0.05) is 34.3 Å². The molecule has 0 radical (unpaired) electrons. The summed E-state index contributed by atoms with van der Waals surface area (Å²) in [5.74, 6) is 2.85. The Morgan fingerprint density at radius 2 is 2.17 bits per heavy atom. The van der Waals surface area contributed by atoms with E-state index in [0.29, 0.717) is 12.5 Å². The molecule has 4 aromatic rings. The number of thioether (sulfide) groups is 1. The second kappa shape index (κ2) is 7.57. The number of hydrogen-bond donors (Lipinski definition) is 1. The van der Waals surface area contributed by atoms with Gasteiger partial charge in [0.25, 0.3) is 0 Å². The number of nitrogens with one attached hydrogen (secondary N) is 1. The van der Waals surface area contributed by atoms with E-state index in [-0.39, 0.29) is 12.3 Å². The minimum absolute atomic E-state index is 0.128. The summed E-state index contributed by atoms with van der Waals surface area (Å²) in [5, 5.41) is 8.84. The first-order valence-electron chi connectivity index (χ1n) is 9.25. The standard InChI is InChI=1S/C20H18N4O3S2/c1-2-26-14-5-3-12(4-6-14)16-8-24-13(9-29-20(24)21-16)7-18(25)22-19-15-10-28-11-17(15)23-27-19/h3-6,8-9H,2,7,10-11H2,1H3,(H,22,25). The molecule has 1 N–H and O–H groups in total. The van der Waals surface area contributed by atoms with Crippen molar-refractivity contribution in [3.63, 3.8) is 0 Å². The number of aromatic nitrogens is 3. The topological polar surface area (TPSA) is 81.7 Å². The smallest absolute Gasteiger partial charge is 0.235 e. The van der Waals surface area contributed by atoms with Crippen molar-refractivity contribution >= 4 is 39.9 Å². The van der Waals surface area contributed by atoms with Gasteiger partial charge in [-0.1, -0.05) is 5.16 Å². The fourth-order valence-electron chi connectivity index (χ4n) is 3.27. The Labute approximate surface area is 175 Å². The van der Waals surface area contributed by atoms with Crippen molar-refractivity contribution in [3.05, 3.63) is 52.8 Å². The predicted octanol–water partition coefficient (Wildman–Crippen LogP) is 4.38.